The lowest BCUT2D eigenvalue weighted by Crippen LogP contribution is -1.91. The van der Waals surface area contributed by atoms with Crippen molar-refractivity contribution in [2.24, 2.45) is 0 Å². The van der Waals surface area contributed by atoms with Crippen LogP contribution in [-0.4, -0.2) is 12.1 Å². The van der Waals surface area contributed by atoms with Crippen LogP contribution < -0.4 is 10.5 Å². The number of nitrogens with two attached hydrogens (primary N) is 1. The molecule has 0 unspecified atom stereocenters. The van der Waals surface area contributed by atoms with E-state index in [4.69, 9.17) is 10.5 Å². The average Bonchev–Trinajstić information content (AvgIpc) is 2.34. The molecule has 0 fully saturated rings. The van der Waals surface area contributed by atoms with Crippen LogP contribution in [0, 0.1) is 6.92 Å². The zero-order valence-corrected chi connectivity index (χ0v) is 10.6. The van der Waals surface area contributed by atoms with Crippen molar-refractivity contribution in [3.05, 3.63) is 42.1 Å². The van der Waals surface area contributed by atoms with Crippen LogP contribution in [0.2, 0.25) is 0 Å². The first-order chi connectivity index (χ1) is 8.19. The number of rotatable bonds is 3. The minimum atomic E-state index is 0.696. The molecule has 1 heterocycles. The van der Waals surface area contributed by atoms with E-state index in [-0.39, 0.29) is 0 Å². The van der Waals surface area contributed by atoms with Crippen molar-refractivity contribution in [2.45, 2.75) is 16.8 Å². The number of pyridine rings is 1. The number of ether oxygens (including phenoxy) is 1. The van der Waals surface area contributed by atoms with Crippen molar-refractivity contribution >= 4 is 17.4 Å². The molecule has 0 aliphatic rings. The summed E-state index contributed by atoms with van der Waals surface area (Å²) in [5, 5.41) is 0.976. The normalized spacial score (nSPS) is 10.2. The molecule has 88 valence electrons. The lowest BCUT2D eigenvalue weighted by Gasteiger charge is -2.06. The van der Waals surface area contributed by atoms with Crippen LogP contribution in [0.5, 0.6) is 5.75 Å². The van der Waals surface area contributed by atoms with E-state index < -0.39 is 0 Å². The molecule has 0 aliphatic carbocycles. The summed E-state index contributed by atoms with van der Waals surface area (Å²) in [6.45, 7) is 2.01. The quantitative estimate of drug-likeness (QED) is 0.904. The van der Waals surface area contributed by atoms with E-state index in [1.165, 1.54) is 0 Å². The van der Waals surface area contributed by atoms with Gasteiger partial charge in [0.15, 0.2) is 0 Å². The standard InChI is InChI=1S/C13H14N2OS/c1-9-7-10(14)8-15-13(9)17-12-5-3-11(16-2)4-6-12/h3-8H,14H2,1-2H3. The maximum atomic E-state index is 5.67. The van der Waals surface area contributed by atoms with E-state index in [9.17, 15) is 0 Å². The number of hydrogen-bond acceptors (Lipinski definition) is 4. The summed E-state index contributed by atoms with van der Waals surface area (Å²) >= 11 is 1.62. The first-order valence-corrected chi connectivity index (χ1v) is 6.04. The highest BCUT2D eigenvalue weighted by Crippen LogP contribution is 2.30. The number of benzene rings is 1. The maximum absolute atomic E-state index is 5.67. The minimum absolute atomic E-state index is 0.696. The molecule has 1 aromatic heterocycles. The predicted octanol–water partition coefficient (Wildman–Crippen LogP) is 3.13. The Hall–Kier alpha value is -1.68. The maximum Gasteiger partial charge on any atom is 0.118 e. The SMILES string of the molecule is COc1ccc(Sc2ncc(N)cc2C)cc1. The molecule has 0 atom stereocenters. The van der Waals surface area contributed by atoms with Gasteiger partial charge in [0.2, 0.25) is 0 Å². The van der Waals surface area contributed by atoms with Gasteiger partial charge in [-0.05, 0) is 42.8 Å². The van der Waals surface area contributed by atoms with Gasteiger partial charge >= 0.3 is 0 Å². The Morgan fingerprint density at radius 1 is 1.24 bits per heavy atom. The summed E-state index contributed by atoms with van der Waals surface area (Å²) in [5.41, 5.74) is 7.46. The molecule has 1 aromatic carbocycles. The van der Waals surface area contributed by atoms with Crippen molar-refractivity contribution in [3.8, 4) is 5.75 Å². The van der Waals surface area contributed by atoms with Crippen LogP contribution in [0.15, 0.2) is 46.5 Å². The van der Waals surface area contributed by atoms with E-state index in [1.807, 2.05) is 37.3 Å². The molecule has 4 heteroatoms. The highest BCUT2D eigenvalue weighted by molar-refractivity contribution is 7.99. The van der Waals surface area contributed by atoms with Gasteiger partial charge in [-0.15, -0.1) is 0 Å². The summed E-state index contributed by atoms with van der Waals surface area (Å²) in [4.78, 5) is 5.45. The third-order valence-corrected chi connectivity index (χ3v) is 3.45. The van der Waals surface area contributed by atoms with Crippen molar-refractivity contribution in [1.82, 2.24) is 4.98 Å². The molecular formula is C13H14N2OS. The molecule has 2 rings (SSSR count). The Kier molecular flexibility index (Phi) is 3.54. The largest absolute Gasteiger partial charge is 0.497 e. The summed E-state index contributed by atoms with van der Waals surface area (Å²) in [6.07, 6.45) is 1.68. The van der Waals surface area contributed by atoms with Gasteiger partial charge in [-0.2, -0.15) is 0 Å². The van der Waals surface area contributed by atoms with Crippen molar-refractivity contribution in [2.75, 3.05) is 12.8 Å². The number of anilines is 1. The van der Waals surface area contributed by atoms with Crippen LogP contribution >= 0.6 is 11.8 Å². The molecule has 0 amide bonds. The Morgan fingerprint density at radius 3 is 2.53 bits per heavy atom. The second kappa shape index (κ2) is 5.10. The summed E-state index contributed by atoms with van der Waals surface area (Å²) in [7, 11) is 1.66. The first-order valence-electron chi connectivity index (χ1n) is 5.23. The second-order valence-corrected chi connectivity index (χ2v) is 4.73. The Morgan fingerprint density at radius 2 is 1.94 bits per heavy atom. The van der Waals surface area contributed by atoms with Gasteiger partial charge in [-0.1, -0.05) is 11.8 Å². The summed E-state index contributed by atoms with van der Waals surface area (Å²) in [5.74, 6) is 0.858. The van der Waals surface area contributed by atoms with E-state index in [2.05, 4.69) is 4.98 Å². The van der Waals surface area contributed by atoms with E-state index in [0.717, 1.165) is 21.2 Å². The second-order valence-electron chi connectivity index (χ2n) is 3.67. The van der Waals surface area contributed by atoms with E-state index in [1.54, 1.807) is 25.1 Å². The number of methoxy groups -OCH3 is 1. The Bertz CT molecular complexity index is 511. The number of nitrogens with zero attached hydrogens (tertiary/aromatic N) is 1. The van der Waals surface area contributed by atoms with Crippen LogP contribution in [-0.2, 0) is 0 Å². The zero-order chi connectivity index (χ0) is 12.3. The summed E-state index contributed by atoms with van der Waals surface area (Å²) < 4.78 is 5.12. The van der Waals surface area contributed by atoms with Gasteiger partial charge in [0.25, 0.3) is 0 Å². The highest BCUT2D eigenvalue weighted by Gasteiger charge is 2.03. The number of hydrogen-bond donors (Lipinski definition) is 1. The zero-order valence-electron chi connectivity index (χ0n) is 9.81. The Balaban J connectivity index is 2.19. The smallest absolute Gasteiger partial charge is 0.118 e. The van der Waals surface area contributed by atoms with Gasteiger partial charge in [-0.25, -0.2) is 4.98 Å². The van der Waals surface area contributed by atoms with Crippen LogP contribution in [0.4, 0.5) is 5.69 Å². The van der Waals surface area contributed by atoms with E-state index >= 15 is 0 Å². The van der Waals surface area contributed by atoms with Crippen molar-refractivity contribution in [1.29, 1.82) is 0 Å². The molecule has 0 aliphatic heterocycles. The van der Waals surface area contributed by atoms with Crippen LogP contribution in [0.25, 0.3) is 0 Å². The van der Waals surface area contributed by atoms with Crippen LogP contribution in [0.1, 0.15) is 5.56 Å². The lowest BCUT2D eigenvalue weighted by molar-refractivity contribution is 0.414. The fraction of sp³-hybridized carbons (Fsp3) is 0.154. The molecule has 2 aromatic rings. The Labute approximate surface area is 105 Å². The third-order valence-electron chi connectivity index (χ3n) is 2.33. The molecule has 17 heavy (non-hydrogen) atoms. The first kappa shape index (κ1) is 11.8. The van der Waals surface area contributed by atoms with Gasteiger partial charge < -0.3 is 10.5 Å². The predicted molar refractivity (Wildman–Crippen MR) is 70.5 cm³/mol. The van der Waals surface area contributed by atoms with Crippen molar-refractivity contribution < 1.29 is 4.74 Å². The van der Waals surface area contributed by atoms with Gasteiger partial charge in [0.05, 0.1) is 19.0 Å². The fourth-order valence-corrected chi connectivity index (χ4v) is 2.27. The van der Waals surface area contributed by atoms with Gasteiger partial charge in [0, 0.05) is 4.90 Å². The molecule has 0 saturated carbocycles. The highest BCUT2D eigenvalue weighted by atomic mass is 32.2. The molecule has 3 nitrogen and oxygen atoms in total. The molecule has 2 N–H and O–H groups in total. The number of aryl methyl sites for hydroxylation is 1. The molecule has 0 radical (unpaired) electrons. The minimum Gasteiger partial charge on any atom is -0.497 e. The summed E-state index contributed by atoms with van der Waals surface area (Å²) in [6, 6.07) is 9.84. The molecule has 0 saturated heterocycles. The van der Waals surface area contributed by atoms with Crippen LogP contribution in [0.3, 0.4) is 0 Å². The van der Waals surface area contributed by atoms with Gasteiger partial charge in [0.1, 0.15) is 10.8 Å². The van der Waals surface area contributed by atoms with Crippen molar-refractivity contribution in [3.63, 3.8) is 0 Å². The van der Waals surface area contributed by atoms with Gasteiger partial charge in [-0.3, -0.25) is 0 Å². The number of nitrogen functional groups attached to an aromatic ring is 1. The molecule has 0 spiro atoms. The lowest BCUT2D eigenvalue weighted by atomic mass is 10.3. The topological polar surface area (TPSA) is 48.1 Å². The molecule has 0 bridgehead atoms. The van der Waals surface area contributed by atoms with E-state index in [0.29, 0.717) is 5.69 Å². The number of aromatic nitrogens is 1. The monoisotopic (exact) mass is 246 g/mol. The average molecular weight is 246 g/mol. The fourth-order valence-electron chi connectivity index (χ4n) is 1.45. The molecular weight excluding hydrogens is 232 g/mol. The third kappa shape index (κ3) is 2.91.